The number of carbonyl (C=O) groups is 1. The molecule has 0 fully saturated rings. The van der Waals surface area contributed by atoms with Crippen LogP contribution in [-0.4, -0.2) is 37.5 Å². The molecule has 0 radical (unpaired) electrons. The minimum Gasteiger partial charge on any atom is -0.549 e. The second-order valence-corrected chi connectivity index (χ2v) is 12.5. The average Bonchev–Trinajstić information content (AvgIpc) is 2.34. The maximum Gasteiger partial charge on any atom is 0.411 e. The van der Waals surface area contributed by atoms with E-state index in [4.69, 9.17) is 9.16 Å². The van der Waals surface area contributed by atoms with E-state index in [0.717, 1.165) is 0 Å². The Balaban J connectivity index is 4.84. The molecule has 0 rings (SSSR count). The lowest BCUT2D eigenvalue weighted by atomic mass is 10.2. The molecule has 6 heteroatoms. The summed E-state index contributed by atoms with van der Waals surface area (Å²) in [5.41, 5.74) is 0. The summed E-state index contributed by atoms with van der Waals surface area (Å²) >= 11 is 0. The van der Waals surface area contributed by atoms with Crippen LogP contribution in [0.5, 0.6) is 0 Å². The van der Waals surface area contributed by atoms with Gasteiger partial charge in [-0.15, -0.1) is 0 Å². The van der Waals surface area contributed by atoms with Crippen LogP contribution in [0.3, 0.4) is 0 Å². The Labute approximate surface area is 142 Å². The van der Waals surface area contributed by atoms with Gasteiger partial charge in [0.05, 0.1) is 6.26 Å². The summed E-state index contributed by atoms with van der Waals surface area (Å²) < 4.78 is 11.1. The van der Waals surface area contributed by atoms with Crippen molar-refractivity contribution in [2.45, 2.75) is 84.8 Å². The van der Waals surface area contributed by atoms with Crippen LogP contribution in [0.1, 0.15) is 48.5 Å². The van der Waals surface area contributed by atoms with Crippen LogP contribution in [0.15, 0.2) is 12.3 Å². The van der Waals surface area contributed by atoms with Gasteiger partial charge in [0.2, 0.25) is 14.4 Å². The molecular weight excluding hydrogens is 308 g/mol. The summed E-state index contributed by atoms with van der Waals surface area (Å²) in [5, 5.41) is 9.25. The Kier molecular flexibility index (Phi) is 7.85. The molecule has 0 aromatic heterocycles. The molecule has 0 aliphatic carbocycles. The van der Waals surface area contributed by atoms with E-state index in [2.05, 4.69) is 33.9 Å². The Morgan fingerprint density at radius 1 is 1.17 bits per heavy atom. The zero-order valence-corrected chi connectivity index (χ0v) is 17.0. The standard InChI is InChI=1S/C17H32N2O3Si/c1-13(2)19(14(3)4)16(20)22-15(12-18)10-11-21-23(8,9)17(5,6)7/h10-11,13-15H,1-9H3/b11-10+. The first-order valence-electron chi connectivity index (χ1n) is 8.06. The Bertz CT molecular complexity index is 451. The largest absolute Gasteiger partial charge is 0.549 e. The van der Waals surface area contributed by atoms with E-state index in [1.807, 2.05) is 33.8 Å². The molecule has 0 N–H and O–H groups in total. The van der Waals surface area contributed by atoms with E-state index in [1.165, 1.54) is 12.3 Å². The van der Waals surface area contributed by atoms with E-state index in [9.17, 15) is 10.1 Å². The van der Waals surface area contributed by atoms with Crippen molar-refractivity contribution in [1.29, 1.82) is 5.26 Å². The van der Waals surface area contributed by atoms with Gasteiger partial charge in [0.15, 0.2) is 0 Å². The molecule has 1 amide bonds. The van der Waals surface area contributed by atoms with Crippen molar-refractivity contribution >= 4 is 14.4 Å². The van der Waals surface area contributed by atoms with Crippen molar-refractivity contribution in [3.8, 4) is 6.07 Å². The van der Waals surface area contributed by atoms with Crippen molar-refractivity contribution in [3.63, 3.8) is 0 Å². The Morgan fingerprint density at radius 3 is 2.00 bits per heavy atom. The van der Waals surface area contributed by atoms with Crippen molar-refractivity contribution in [2.24, 2.45) is 0 Å². The number of hydrogen-bond acceptors (Lipinski definition) is 4. The molecule has 5 nitrogen and oxygen atoms in total. The highest BCUT2D eigenvalue weighted by molar-refractivity contribution is 6.74. The van der Waals surface area contributed by atoms with Crippen molar-refractivity contribution in [3.05, 3.63) is 12.3 Å². The van der Waals surface area contributed by atoms with Gasteiger partial charge in [-0.2, -0.15) is 5.26 Å². The zero-order valence-electron chi connectivity index (χ0n) is 16.0. The van der Waals surface area contributed by atoms with Crippen LogP contribution >= 0.6 is 0 Å². The molecule has 0 aromatic carbocycles. The number of carbonyl (C=O) groups excluding carboxylic acids is 1. The molecule has 1 atom stereocenters. The quantitative estimate of drug-likeness (QED) is 0.520. The van der Waals surface area contributed by atoms with Crippen LogP contribution in [0.25, 0.3) is 0 Å². The van der Waals surface area contributed by atoms with Gasteiger partial charge < -0.3 is 14.1 Å². The highest BCUT2D eigenvalue weighted by Crippen LogP contribution is 2.36. The molecule has 0 saturated carbocycles. The van der Waals surface area contributed by atoms with E-state index in [0.29, 0.717) is 0 Å². The number of nitrogens with zero attached hydrogens (tertiary/aromatic N) is 2. The second kappa shape index (κ2) is 8.39. The van der Waals surface area contributed by atoms with Gasteiger partial charge in [0.25, 0.3) is 0 Å². The molecule has 1 unspecified atom stereocenters. The average molecular weight is 341 g/mol. The van der Waals surface area contributed by atoms with Gasteiger partial charge in [-0.3, -0.25) is 0 Å². The van der Waals surface area contributed by atoms with Gasteiger partial charge in [-0.25, -0.2) is 4.79 Å². The number of rotatable bonds is 6. The first kappa shape index (κ1) is 21.5. The fraction of sp³-hybridized carbons (Fsp3) is 0.765. The van der Waals surface area contributed by atoms with E-state index in [1.54, 1.807) is 4.90 Å². The van der Waals surface area contributed by atoms with Crippen LogP contribution in [0, 0.1) is 11.3 Å². The molecule has 132 valence electrons. The van der Waals surface area contributed by atoms with E-state index < -0.39 is 20.5 Å². The predicted octanol–water partition coefficient (Wildman–Crippen LogP) is 4.67. The van der Waals surface area contributed by atoms with Crippen molar-refractivity contribution in [2.75, 3.05) is 0 Å². The summed E-state index contributed by atoms with van der Waals surface area (Å²) in [5.74, 6) is 0. The molecule has 0 aliphatic heterocycles. The third kappa shape index (κ3) is 6.65. The molecular formula is C17H32N2O3Si. The minimum atomic E-state index is -1.93. The fourth-order valence-corrected chi connectivity index (χ4v) is 2.53. The molecule has 0 aromatic rings. The van der Waals surface area contributed by atoms with Gasteiger partial charge in [0, 0.05) is 18.2 Å². The number of ether oxygens (including phenoxy) is 1. The van der Waals surface area contributed by atoms with Crippen LogP contribution < -0.4 is 0 Å². The molecule has 23 heavy (non-hydrogen) atoms. The third-order valence-electron chi connectivity index (χ3n) is 4.10. The third-order valence-corrected chi connectivity index (χ3v) is 8.44. The number of amides is 1. The SMILES string of the molecule is CC(C)N(C(=O)OC(C#N)/C=C/O[Si](C)(C)C(C)(C)C)C(C)C. The highest BCUT2D eigenvalue weighted by Gasteiger charge is 2.38. The highest BCUT2D eigenvalue weighted by atomic mass is 28.4. The summed E-state index contributed by atoms with van der Waals surface area (Å²) in [6.07, 6.45) is 1.57. The summed E-state index contributed by atoms with van der Waals surface area (Å²) in [6, 6.07) is 1.99. The fourth-order valence-electron chi connectivity index (χ4n) is 1.75. The lowest BCUT2D eigenvalue weighted by Crippen LogP contribution is -2.43. The van der Waals surface area contributed by atoms with E-state index in [-0.39, 0.29) is 17.1 Å². The van der Waals surface area contributed by atoms with Gasteiger partial charge in [0.1, 0.15) is 6.07 Å². The molecule has 0 saturated heterocycles. The summed E-state index contributed by atoms with van der Waals surface area (Å²) in [7, 11) is -1.93. The molecule has 0 heterocycles. The zero-order chi connectivity index (χ0) is 18.4. The lowest BCUT2D eigenvalue weighted by molar-refractivity contribution is 0.0733. The summed E-state index contributed by atoms with van der Waals surface area (Å²) in [6.45, 7) is 18.3. The minimum absolute atomic E-state index is 0.00861. The predicted molar refractivity (Wildman–Crippen MR) is 95.4 cm³/mol. The molecule has 0 spiro atoms. The van der Waals surface area contributed by atoms with Gasteiger partial charge >= 0.3 is 6.09 Å². The Morgan fingerprint density at radius 2 is 1.65 bits per heavy atom. The molecule has 0 aliphatic rings. The van der Waals surface area contributed by atoms with Crippen LogP contribution in [0.4, 0.5) is 4.79 Å². The van der Waals surface area contributed by atoms with Crippen LogP contribution in [0.2, 0.25) is 18.1 Å². The smallest absolute Gasteiger partial charge is 0.411 e. The lowest BCUT2D eigenvalue weighted by Gasteiger charge is -2.35. The normalized spacial score (nSPS) is 14.0. The van der Waals surface area contributed by atoms with E-state index >= 15 is 0 Å². The number of nitriles is 1. The summed E-state index contributed by atoms with van der Waals surface area (Å²) in [4.78, 5) is 13.8. The molecule has 0 bridgehead atoms. The topological polar surface area (TPSA) is 62.6 Å². The second-order valence-electron chi connectivity index (χ2n) is 7.73. The van der Waals surface area contributed by atoms with Gasteiger partial charge in [-0.05, 0) is 45.8 Å². The van der Waals surface area contributed by atoms with Crippen molar-refractivity contribution in [1.82, 2.24) is 4.90 Å². The van der Waals surface area contributed by atoms with Crippen LogP contribution in [-0.2, 0) is 9.16 Å². The first-order chi connectivity index (χ1) is 10.3. The monoisotopic (exact) mass is 340 g/mol. The van der Waals surface area contributed by atoms with Gasteiger partial charge in [-0.1, -0.05) is 20.8 Å². The maximum absolute atomic E-state index is 12.2. The Hall–Kier alpha value is -1.48. The van der Waals surface area contributed by atoms with Crippen molar-refractivity contribution < 1.29 is 14.0 Å². The maximum atomic E-state index is 12.2. The first-order valence-corrected chi connectivity index (χ1v) is 11.0. The number of hydrogen-bond donors (Lipinski definition) is 0.